The molecule has 1 N–H and O–H groups in total. The molecule has 0 spiro atoms. The second-order valence-electron chi connectivity index (χ2n) is 8.96. The number of benzene rings is 2. The molecule has 0 fully saturated rings. The summed E-state index contributed by atoms with van der Waals surface area (Å²) in [5.74, 6) is -0.490. The number of anilines is 1. The number of rotatable bonds is 13. The van der Waals surface area contributed by atoms with Crippen LogP contribution in [0.5, 0.6) is 0 Å². The fraction of sp³-hybridized carbons (Fsp3) is 0.407. The van der Waals surface area contributed by atoms with Gasteiger partial charge in [0.2, 0.25) is 0 Å². The summed E-state index contributed by atoms with van der Waals surface area (Å²) in [7, 11) is 4.17. The van der Waals surface area contributed by atoms with Crippen LogP contribution >= 0.6 is 0 Å². The van der Waals surface area contributed by atoms with E-state index in [1.165, 1.54) is 50.3 Å². The molecular formula is C27H36FN2O2+. The molecule has 0 aliphatic rings. The first-order valence-electron chi connectivity index (χ1n) is 11.5. The lowest BCUT2D eigenvalue weighted by Gasteiger charge is -2.29. The van der Waals surface area contributed by atoms with Gasteiger partial charge in [-0.25, -0.2) is 4.39 Å². The summed E-state index contributed by atoms with van der Waals surface area (Å²) < 4.78 is 13.6. The van der Waals surface area contributed by atoms with Crippen molar-refractivity contribution in [1.29, 1.82) is 0 Å². The van der Waals surface area contributed by atoms with Crippen molar-refractivity contribution in [1.82, 2.24) is 0 Å². The van der Waals surface area contributed by atoms with Crippen LogP contribution in [-0.4, -0.2) is 43.4 Å². The lowest BCUT2D eigenvalue weighted by atomic mass is 10.1. The third-order valence-electron chi connectivity index (χ3n) is 5.44. The number of carbonyl (C=O) groups excluding carboxylic acids is 2. The van der Waals surface area contributed by atoms with Gasteiger partial charge in [0.15, 0.2) is 12.3 Å². The molecule has 0 saturated heterocycles. The molecule has 0 atom stereocenters. The first kappa shape index (κ1) is 25.5. The molecule has 0 aromatic heterocycles. The molecule has 2 aromatic carbocycles. The van der Waals surface area contributed by atoms with Gasteiger partial charge in [-0.15, -0.1) is 0 Å². The molecule has 2 aromatic rings. The van der Waals surface area contributed by atoms with Gasteiger partial charge in [-0.1, -0.05) is 50.8 Å². The molecule has 0 unspecified atom stereocenters. The minimum Gasteiger partial charge on any atom is -0.321 e. The van der Waals surface area contributed by atoms with Gasteiger partial charge in [-0.3, -0.25) is 9.59 Å². The fourth-order valence-electron chi connectivity index (χ4n) is 3.55. The number of hydrogen-bond acceptors (Lipinski definition) is 2. The molecule has 0 saturated carbocycles. The number of carbonyl (C=O) groups is 2. The summed E-state index contributed by atoms with van der Waals surface area (Å²) in [5.41, 5.74) is 1.96. The first-order valence-corrected chi connectivity index (χ1v) is 11.5. The summed E-state index contributed by atoms with van der Waals surface area (Å²) in [5, 5.41) is 2.93. The Morgan fingerprint density at radius 1 is 0.906 bits per heavy atom. The minimum atomic E-state index is -0.310. The van der Waals surface area contributed by atoms with Gasteiger partial charge >= 0.3 is 0 Å². The van der Waals surface area contributed by atoms with Crippen LogP contribution in [0.2, 0.25) is 0 Å². The Kier molecular flexibility index (Phi) is 10.3. The third kappa shape index (κ3) is 9.56. The normalized spacial score (nSPS) is 11.6. The van der Waals surface area contributed by atoms with Crippen molar-refractivity contribution in [3.8, 4) is 0 Å². The van der Waals surface area contributed by atoms with Crippen molar-refractivity contribution in [2.75, 3.05) is 32.5 Å². The molecule has 1 amide bonds. The van der Waals surface area contributed by atoms with E-state index in [1.54, 1.807) is 42.5 Å². The quantitative estimate of drug-likeness (QED) is 0.177. The largest absolute Gasteiger partial charge is 0.321 e. The monoisotopic (exact) mass is 439 g/mol. The Balaban J connectivity index is 1.80. The molecule has 0 bridgehead atoms. The number of ketones is 1. The maximum absolute atomic E-state index is 13.0. The van der Waals surface area contributed by atoms with E-state index >= 15 is 0 Å². The van der Waals surface area contributed by atoms with Gasteiger partial charge in [0.25, 0.3) is 5.91 Å². The van der Waals surface area contributed by atoms with Gasteiger partial charge in [-0.2, -0.15) is 0 Å². The molecule has 0 aliphatic carbocycles. The fourth-order valence-corrected chi connectivity index (χ4v) is 3.55. The van der Waals surface area contributed by atoms with E-state index in [2.05, 4.69) is 26.3 Å². The van der Waals surface area contributed by atoms with E-state index < -0.39 is 0 Å². The molecule has 5 heteroatoms. The lowest BCUT2D eigenvalue weighted by molar-refractivity contribution is -0.882. The maximum atomic E-state index is 13.0. The minimum absolute atomic E-state index is 0.0312. The Morgan fingerprint density at radius 2 is 1.53 bits per heavy atom. The van der Waals surface area contributed by atoms with Crippen LogP contribution in [0.4, 0.5) is 10.1 Å². The van der Waals surface area contributed by atoms with Crippen LogP contribution in [0.1, 0.15) is 61.4 Å². The highest BCUT2D eigenvalue weighted by Gasteiger charge is 2.19. The Morgan fingerprint density at radius 3 is 2.19 bits per heavy atom. The van der Waals surface area contributed by atoms with E-state index in [4.69, 9.17) is 0 Å². The number of unbranched alkanes of at least 4 members (excludes halogenated alkanes) is 5. The number of allylic oxidation sites excluding steroid dienone is 1. The van der Waals surface area contributed by atoms with Crippen LogP contribution in [0, 0.1) is 5.82 Å². The molecule has 172 valence electrons. The highest BCUT2D eigenvalue weighted by atomic mass is 19.1. The van der Waals surface area contributed by atoms with Crippen molar-refractivity contribution in [2.45, 2.75) is 45.4 Å². The second kappa shape index (κ2) is 12.9. The molecule has 0 radical (unpaired) electrons. The Bertz CT molecular complexity index is 887. The Hall–Kier alpha value is -2.79. The highest BCUT2D eigenvalue weighted by Crippen LogP contribution is 2.13. The van der Waals surface area contributed by atoms with Crippen LogP contribution in [0.25, 0.3) is 6.08 Å². The standard InChI is InChI=1S/C27H35FN2O2/c1-4-5-6-7-8-9-20-30(2,3)21-27(32)29-25-17-13-23(14-18-25)26(31)19-12-22-10-15-24(28)16-11-22/h10-19H,4-9,20-21H2,1-3H3/p+1/b19-12+. The second-order valence-corrected chi connectivity index (χ2v) is 8.96. The summed E-state index contributed by atoms with van der Waals surface area (Å²) in [6.45, 7) is 3.61. The summed E-state index contributed by atoms with van der Waals surface area (Å²) in [6.07, 6.45) is 10.6. The molecule has 32 heavy (non-hydrogen) atoms. The molecule has 0 aliphatic heterocycles. The lowest BCUT2D eigenvalue weighted by Crippen LogP contribution is -2.46. The SMILES string of the molecule is CCCCCCCC[N+](C)(C)CC(=O)Nc1ccc(C(=O)/C=C/c2ccc(F)cc2)cc1. The highest BCUT2D eigenvalue weighted by molar-refractivity contribution is 6.07. The van der Waals surface area contributed by atoms with Gasteiger partial charge in [-0.05, 0) is 60.9 Å². The van der Waals surface area contributed by atoms with E-state index in [9.17, 15) is 14.0 Å². The molecule has 0 heterocycles. The smallest absolute Gasteiger partial charge is 0.279 e. The van der Waals surface area contributed by atoms with Crippen LogP contribution in [0.15, 0.2) is 54.6 Å². The van der Waals surface area contributed by atoms with Crippen LogP contribution < -0.4 is 5.32 Å². The number of quaternary nitrogens is 1. The number of nitrogens with zero attached hydrogens (tertiary/aromatic N) is 1. The van der Waals surface area contributed by atoms with Gasteiger partial charge in [0.05, 0.1) is 20.6 Å². The third-order valence-corrected chi connectivity index (χ3v) is 5.44. The number of amides is 1. The van der Waals surface area contributed by atoms with Crippen molar-refractivity contribution >= 4 is 23.5 Å². The Labute approximate surface area is 191 Å². The van der Waals surface area contributed by atoms with Crippen molar-refractivity contribution in [3.63, 3.8) is 0 Å². The van der Waals surface area contributed by atoms with E-state index in [-0.39, 0.29) is 17.5 Å². The van der Waals surface area contributed by atoms with Gasteiger partial charge in [0, 0.05) is 11.3 Å². The van der Waals surface area contributed by atoms with Gasteiger partial charge in [0.1, 0.15) is 5.82 Å². The van der Waals surface area contributed by atoms with Gasteiger partial charge < -0.3 is 9.80 Å². The van der Waals surface area contributed by atoms with Crippen molar-refractivity contribution in [3.05, 3.63) is 71.6 Å². The van der Waals surface area contributed by atoms with Crippen molar-refractivity contribution in [2.24, 2.45) is 0 Å². The predicted octanol–water partition coefficient (Wildman–Crippen LogP) is 6.10. The average molecular weight is 440 g/mol. The molecular weight excluding hydrogens is 403 g/mol. The zero-order valence-corrected chi connectivity index (χ0v) is 19.6. The first-order chi connectivity index (χ1) is 15.3. The summed E-state index contributed by atoms with van der Waals surface area (Å²) >= 11 is 0. The zero-order valence-electron chi connectivity index (χ0n) is 19.6. The van der Waals surface area contributed by atoms with E-state index in [0.29, 0.717) is 22.3 Å². The molecule has 4 nitrogen and oxygen atoms in total. The summed E-state index contributed by atoms with van der Waals surface area (Å²) in [6, 6.07) is 12.8. The summed E-state index contributed by atoms with van der Waals surface area (Å²) in [4.78, 5) is 24.8. The number of halogens is 1. The number of likely N-dealkylation sites (N-methyl/N-ethyl adjacent to an activating group) is 1. The van der Waals surface area contributed by atoms with E-state index in [1.807, 2.05) is 0 Å². The topological polar surface area (TPSA) is 46.2 Å². The number of hydrogen-bond donors (Lipinski definition) is 1. The predicted molar refractivity (Wildman–Crippen MR) is 130 cm³/mol. The van der Waals surface area contributed by atoms with Crippen LogP contribution in [0.3, 0.4) is 0 Å². The van der Waals surface area contributed by atoms with E-state index in [0.717, 1.165) is 18.5 Å². The zero-order chi connectivity index (χ0) is 23.4. The number of nitrogens with one attached hydrogen (secondary N) is 1. The van der Waals surface area contributed by atoms with Crippen molar-refractivity contribution < 1.29 is 18.5 Å². The maximum Gasteiger partial charge on any atom is 0.279 e. The average Bonchev–Trinajstić information content (AvgIpc) is 2.75. The molecule has 2 rings (SSSR count). The van der Waals surface area contributed by atoms with Crippen LogP contribution in [-0.2, 0) is 4.79 Å².